The van der Waals surface area contributed by atoms with E-state index in [1.807, 2.05) is 6.92 Å². The van der Waals surface area contributed by atoms with Crippen LogP contribution in [0.4, 0.5) is 0 Å². The molecule has 0 saturated heterocycles. The fourth-order valence-electron chi connectivity index (χ4n) is 1.55. The van der Waals surface area contributed by atoms with Crippen molar-refractivity contribution in [2.75, 3.05) is 7.11 Å². The van der Waals surface area contributed by atoms with Crippen LogP contribution in [0.1, 0.15) is 14.5 Å². The fraction of sp³-hybridized carbons (Fsp3) is 0.167. The van der Waals surface area contributed by atoms with Gasteiger partial charge in [-0.3, -0.25) is 4.98 Å². The molecule has 0 saturated carbocycles. The number of aryl methyl sites for hydroxylation is 1. The van der Waals surface area contributed by atoms with Crippen LogP contribution in [0.2, 0.25) is 0 Å². The van der Waals surface area contributed by atoms with Gasteiger partial charge in [0.2, 0.25) is 0 Å². The third-order valence-corrected chi connectivity index (χ3v) is 3.86. The monoisotopic (exact) mass is 327 g/mol. The Labute approximate surface area is 116 Å². The number of thiophene rings is 1. The highest BCUT2D eigenvalue weighted by atomic mass is 79.9. The predicted octanol–water partition coefficient (Wildman–Crippen LogP) is 3.37. The summed E-state index contributed by atoms with van der Waals surface area (Å²) < 4.78 is 5.37. The molecule has 4 nitrogen and oxygen atoms in total. The van der Waals surface area contributed by atoms with Crippen LogP contribution in [0, 0.1) is 6.92 Å². The average Bonchev–Trinajstić information content (AvgIpc) is 2.70. The fourth-order valence-corrected chi connectivity index (χ4v) is 2.81. The number of hydrogen-bond donors (Lipinski definition) is 1. The standard InChI is InChI=1S/C12H10BrNO3S/c1-6-8(4-10(18-6)12(16)17-2)11-9(15)3-7(13)5-14-11/h3-5,15H,1-2H3. The SMILES string of the molecule is COC(=O)c1cc(-c2ncc(Br)cc2O)c(C)s1. The van der Waals surface area contributed by atoms with Crippen molar-refractivity contribution in [1.29, 1.82) is 0 Å². The lowest BCUT2D eigenvalue weighted by Crippen LogP contribution is -1.96. The Morgan fingerprint density at radius 1 is 1.50 bits per heavy atom. The summed E-state index contributed by atoms with van der Waals surface area (Å²) in [5, 5.41) is 9.87. The van der Waals surface area contributed by atoms with Crippen LogP contribution in [-0.2, 0) is 4.74 Å². The number of halogens is 1. The minimum absolute atomic E-state index is 0.0710. The van der Waals surface area contributed by atoms with Crippen molar-refractivity contribution in [3.05, 3.63) is 32.6 Å². The van der Waals surface area contributed by atoms with Gasteiger partial charge in [-0.15, -0.1) is 11.3 Å². The number of pyridine rings is 1. The molecular formula is C12H10BrNO3S. The lowest BCUT2D eigenvalue weighted by Gasteiger charge is -2.02. The van der Waals surface area contributed by atoms with E-state index in [0.717, 1.165) is 10.4 Å². The van der Waals surface area contributed by atoms with E-state index in [9.17, 15) is 9.90 Å². The molecule has 0 aliphatic carbocycles. The molecule has 94 valence electrons. The average molecular weight is 328 g/mol. The smallest absolute Gasteiger partial charge is 0.348 e. The van der Waals surface area contributed by atoms with Crippen molar-refractivity contribution < 1.29 is 14.6 Å². The molecular weight excluding hydrogens is 318 g/mol. The molecule has 1 N–H and O–H groups in total. The van der Waals surface area contributed by atoms with Crippen LogP contribution in [0.15, 0.2) is 22.8 Å². The number of hydrogen-bond acceptors (Lipinski definition) is 5. The Morgan fingerprint density at radius 2 is 2.22 bits per heavy atom. The number of ether oxygens (including phenoxy) is 1. The number of carbonyl (C=O) groups excluding carboxylic acids is 1. The topological polar surface area (TPSA) is 59.4 Å². The third kappa shape index (κ3) is 2.39. The van der Waals surface area contributed by atoms with E-state index < -0.39 is 0 Å². The summed E-state index contributed by atoms with van der Waals surface area (Å²) in [6.45, 7) is 1.87. The number of esters is 1. The summed E-state index contributed by atoms with van der Waals surface area (Å²) in [7, 11) is 1.34. The van der Waals surface area contributed by atoms with Gasteiger partial charge < -0.3 is 9.84 Å². The Balaban J connectivity index is 2.51. The van der Waals surface area contributed by atoms with E-state index >= 15 is 0 Å². The molecule has 2 aromatic rings. The molecule has 0 aliphatic heterocycles. The quantitative estimate of drug-likeness (QED) is 0.859. The highest BCUT2D eigenvalue weighted by Crippen LogP contribution is 2.35. The second-order valence-corrected chi connectivity index (χ2v) is 5.77. The van der Waals surface area contributed by atoms with Crippen LogP contribution in [-0.4, -0.2) is 23.2 Å². The summed E-state index contributed by atoms with van der Waals surface area (Å²) >= 11 is 4.55. The van der Waals surface area contributed by atoms with Crippen LogP contribution in [0.5, 0.6) is 5.75 Å². The van der Waals surface area contributed by atoms with Gasteiger partial charge in [-0.05, 0) is 35.0 Å². The number of aromatic hydroxyl groups is 1. The van der Waals surface area contributed by atoms with Crippen LogP contribution < -0.4 is 0 Å². The first kappa shape index (κ1) is 13.0. The van der Waals surface area contributed by atoms with Gasteiger partial charge in [0.05, 0.1) is 7.11 Å². The van der Waals surface area contributed by atoms with Gasteiger partial charge in [-0.2, -0.15) is 0 Å². The second kappa shape index (κ2) is 5.07. The van der Waals surface area contributed by atoms with Gasteiger partial charge in [0, 0.05) is 21.1 Å². The molecule has 2 heterocycles. The Bertz CT molecular complexity index is 609. The number of rotatable bonds is 2. The Kier molecular flexibility index (Phi) is 3.68. The molecule has 0 atom stereocenters. The summed E-state index contributed by atoms with van der Waals surface area (Å²) in [4.78, 5) is 17.0. The maximum Gasteiger partial charge on any atom is 0.348 e. The molecule has 2 rings (SSSR count). The largest absolute Gasteiger partial charge is 0.506 e. The summed E-state index contributed by atoms with van der Waals surface area (Å²) in [6, 6.07) is 3.25. The molecule has 2 aromatic heterocycles. The molecule has 0 bridgehead atoms. The second-order valence-electron chi connectivity index (χ2n) is 3.59. The summed E-state index contributed by atoms with van der Waals surface area (Å²) in [5.74, 6) is -0.312. The maximum absolute atomic E-state index is 11.4. The van der Waals surface area contributed by atoms with E-state index in [0.29, 0.717) is 15.0 Å². The normalized spacial score (nSPS) is 10.4. The molecule has 0 radical (unpaired) electrons. The first-order valence-electron chi connectivity index (χ1n) is 5.06. The zero-order chi connectivity index (χ0) is 13.3. The first-order valence-corrected chi connectivity index (χ1v) is 6.67. The van der Waals surface area contributed by atoms with E-state index in [-0.39, 0.29) is 11.7 Å². The number of carbonyl (C=O) groups is 1. The summed E-state index contributed by atoms with van der Waals surface area (Å²) in [6.07, 6.45) is 1.60. The number of nitrogens with zero attached hydrogens (tertiary/aromatic N) is 1. The van der Waals surface area contributed by atoms with E-state index in [2.05, 4.69) is 25.7 Å². The Hall–Kier alpha value is -1.40. The molecule has 0 aliphatic rings. The van der Waals surface area contributed by atoms with Gasteiger partial charge in [-0.25, -0.2) is 4.79 Å². The lowest BCUT2D eigenvalue weighted by molar-refractivity contribution is 0.0606. The predicted molar refractivity (Wildman–Crippen MR) is 73.0 cm³/mol. The minimum atomic E-state index is -0.383. The van der Waals surface area contributed by atoms with Gasteiger partial charge in [0.25, 0.3) is 0 Å². The van der Waals surface area contributed by atoms with Crippen molar-refractivity contribution in [1.82, 2.24) is 4.98 Å². The van der Waals surface area contributed by atoms with Crippen LogP contribution in [0.3, 0.4) is 0 Å². The van der Waals surface area contributed by atoms with Crippen molar-refractivity contribution >= 4 is 33.2 Å². The number of methoxy groups -OCH3 is 1. The van der Waals surface area contributed by atoms with Crippen molar-refractivity contribution in [2.45, 2.75) is 6.92 Å². The molecule has 18 heavy (non-hydrogen) atoms. The van der Waals surface area contributed by atoms with Crippen molar-refractivity contribution in [3.8, 4) is 17.0 Å². The minimum Gasteiger partial charge on any atom is -0.506 e. The van der Waals surface area contributed by atoms with Gasteiger partial charge >= 0.3 is 5.97 Å². The van der Waals surface area contributed by atoms with Crippen molar-refractivity contribution in [3.63, 3.8) is 0 Å². The van der Waals surface area contributed by atoms with E-state index in [1.54, 1.807) is 18.3 Å². The molecule has 0 amide bonds. The van der Waals surface area contributed by atoms with Gasteiger partial charge in [0.15, 0.2) is 0 Å². The molecule has 0 unspecified atom stereocenters. The maximum atomic E-state index is 11.4. The van der Waals surface area contributed by atoms with Gasteiger partial charge in [0.1, 0.15) is 16.3 Å². The summed E-state index contributed by atoms with van der Waals surface area (Å²) in [5.41, 5.74) is 1.20. The van der Waals surface area contributed by atoms with E-state index in [1.165, 1.54) is 18.4 Å². The zero-order valence-corrected chi connectivity index (χ0v) is 12.1. The first-order chi connectivity index (χ1) is 8.52. The highest BCUT2D eigenvalue weighted by molar-refractivity contribution is 9.10. The van der Waals surface area contributed by atoms with Crippen LogP contribution >= 0.6 is 27.3 Å². The highest BCUT2D eigenvalue weighted by Gasteiger charge is 2.17. The molecule has 6 heteroatoms. The lowest BCUT2D eigenvalue weighted by atomic mass is 10.1. The molecule has 0 fully saturated rings. The van der Waals surface area contributed by atoms with Crippen molar-refractivity contribution in [2.24, 2.45) is 0 Å². The Morgan fingerprint density at radius 3 is 2.83 bits per heavy atom. The third-order valence-electron chi connectivity index (χ3n) is 2.39. The molecule has 0 spiro atoms. The number of aromatic nitrogens is 1. The van der Waals surface area contributed by atoms with Gasteiger partial charge in [-0.1, -0.05) is 0 Å². The zero-order valence-electron chi connectivity index (χ0n) is 9.73. The van der Waals surface area contributed by atoms with Crippen LogP contribution in [0.25, 0.3) is 11.3 Å². The molecule has 0 aromatic carbocycles. The van der Waals surface area contributed by atoms with E-state index in [4.69, 9.17) is 0 Å².